The highest BCUT2D eigenvalue weighted by Crippen LogP contribution is 2.34. The third-order valence-electron chi connectivity index (χ3n) is 4.78. The van der Waals surface area contributed by atoms with Gasteiger partial charge in [-0.25, -0.2) is 4.79 Å². The number of hydrogen-bond donors (Lipinski definition) is 0. The minimum Gasteiger partial charge on any atom is -0.466 e. The summed E-state index contributed by atoms with van der Waals surface area (Å²) in [6.45, 7) is 6.10. The summed E-state index contributed by atoms with van der Waals surface area (Å²) >= 11 is 0. The monoisotopic (exact) mass is 350 g/mol. The molecule has 136 valence electrons. The van der Waals surface area contributed by atoms with Gasteiger partial charge in [0, 0.05) is 24.0 Å². The fourth-order valence-electron chi connectivity index (χ4n) is 3.51. The summed E-state index contributed by atoms with van der Waals surface area (Å²) in [6.07, 6.45) is 3.63. The average molecular weight is 350 g/mol. The van der Waals surface area contributed by atoms with Gasteiger partial charge in [0.2, 0.25) is 0 Å². The summed E-state index contributed by atoms with van der Waals surface area (Å²) in [5.41, 5.74) is 3.03. The highest BCUT2D eigenvalue weighted by Gasteiger charge is 2.25. The summed E-state index contributed by atoms with van der Waals surface area (Å²) in [4.78, 5) is 12.0. The summed E-state index contributed by atoms with van der Waals surface area (Å²) in [5, 5.41) is 0. The van der Waals surface area contributed by atoms with Crippen LogP contribution in [0.5, 0.6) is 0 Å². The van der Waals surface area contributed by atoms with E-state index in [1.54, 1.807) is 6.07 Å². The molecule has 0 saturated heterocycles. The van der Waals surface area contributed by atoms with Crippen LogP contribution in [0.4, 0.5) is 0 Å². The molecule has 2 heterocycles. The number of furan rings is 1. The predicted molar refractivity (Wildman–Crippen MR) is 104 cm³/mol. The predicted octanol–water partition coefficient (Wildman–Crippen LogP) is 5.57. The van der Waals surface area contributed by atoms with Crippen molar-refractivity contribution in [1.29, 1.82) is 0 Å². The van der Waals surface area contributed by atoms with Crippen LogP contribution in [0.2, 0.25) is 0 Å². The Morgan fingerprint density at radius 3 is 2.42 bits per heavy atom. The van der Waals surface area contributed by atoms with E-state index in [2.05, 4.69) is 31.2 Å². The Kier molecular flexibility index (Phi) is 5.77. The highest BCUT2D eigenvalue weighted by molar-refractivity contribution is 5.38. The van der Waals surface area contributed by atoms with Crippen LogP contribution in [0.3, 0.4) is 0 Å². The van der Waals surface area contributed by atoms with Crippen LogP contribution in [0.15, 0.2) is 62.2 Å². The molecule has 0 fully saturated rings. The summed E-state index contributed by atoms with van der Waals surface area (Å²) < 4.78 is 11.6. The lowest BCUT2D eigenvalue weighted by atomic mass is 9.86. The maximum absolute atomic E-state index is 12.0. The normalized spacial score (nSPS) is 12.3. The first kappa shape index (κ1) is 18.2. The van der Waals surface area contributed by atoms with Crippen molar-refractivity contribution in [2.45, 2.75) is 52.4 Å². The quantitative estimate of drug-likeness (QED) is 0.560. The average Bonchev–Trinajstić information content (AvgIpc) is 3.05. The van der Waals surface area contributed by atoms with Gasteiger partial charge in [0.1, 0.15) is 17.3 Å². The van der Waals surface area contributed by atoms with Gasteiger partial charge in [-0.05, 0) is 49.9 Å². The van der Waals surface area contributed by atoms with Gasteiger partial charge in [0.05, 0.1) is 0 Å². The molecule has 1 atom stereocenters. The fraction of sp³-hybridized carbons (Fsp3) is 0.348. The van der Waals surface area contributed by atoms with Gasteiger partial charge in [0.25, 0.3) is 0 Å². The van der Waals surface area contributed by atoms with Crippen LogP contribution in [-0.2, 0) is 12.8 Å². The Morgan fingerprint density at radius 1 is 1.00 bits per heavy atom. The summed E-state index contributed by atoms with van der Waals surface area (Å²) in [6, 6.07) is 16.0. The second-order valence-corrected chi connectivity index (χ2v) is 6.88. The molecule has 0 bridgehead atoms. The molecule has 1 unspecified atom stereocenters. The Morgan fingerprint density at radius 2 is 1.77 bits per heavy atom. The molecule has 3 rings (SSSR count). The molecular weight excluding hydrogens is 324 g/mol. The van der Waals surface area contributed by atoms with Crippen LogP contribution in [0.1, 0.15) is 59.7 Å². The SMILES string of the molecule is CCCCc1oc(=O)cc(C)c1C(Cc1ccccc1)c1ccc(C)o1. The molecule has 0 aliphatic heterocycles. The van der Waals surface area contributed by atoms with E-state index in [0.717, 1.165) is 54.1 Å². The number of aryl methyl sites for hydroxylation is 3. The van der Waals surface area contributed by atoms with E-state index in [1.165, 1.54) is 5.56 Å². The maximum Gasteiger partial charge on any atom is 0.336 e. The van der Waals surface area contributed by atoms with Crippen LogP contribution in [0.25, 0.3) is 0 Å². The third kappa shape index (κ3) is 4.16. The molecule has 1 aromatic carbocycles. The summed E-state index contributed by atoms with van der Waals surface area (Å²) in [7, 11) is 0. The Balaban J connectivity index is 2.10. The smallest absolute Gasteiger partial charge is 0.336 e. The van der Waals surface area contributed by atoms with Crippen LogP contribution in [0, 0.1) is 13.8 Å². The molecule has 2 aromatic heterocycles. The van der Waals surface area contributed by atoms with E-state index in [1.807, 2.05) is 32.0 Å². The largest absolute Gasteiger partial charge is 0.466 e. The molecule has 0 N–H and O–H groups in total. The van der Waals surface area contributed by atoms with E-state index < -0.39 is 0 Å². The van der Waals surface area contributed by atoms with Crippen LogP contribution in [-0.4, -0.2) is 0 Å². The minimum atomic E-state index is -0.272. The van der Waals surface area contributed by atoms with Gasteiger partial charge in [-0.3, -0.25) is 0 Å². The van der Waals surface area contributed by atoms with Crippen molar-refractivity contribution in [2.75, 3.05) is 0 Å². The number of benzene rings is 1. The molecule has 0 aliphatic rings. The van der Waals surface area contributed by atoms with Gasteiger partial charge in [-0.1, -0.05) is 43.7 Å². The number of rotatable bonds is 7. The first-order chi connectivity index (χ1) is 12.6. The number of hydrogen-bond acceptors (Lipinski definition) is 3. The van der Waals surface area contributed by atoms with E-state index in [4.69, 9.17) is 8.83 Å². The van der Waals surface area contributed by atoms with Crippen LogP contribution < -0.4 is 5.63 Å². The van der Waals surface area contributed by atoms with Crippen molar-refractivity contribution in [3.63, 3.8) is 0 Å². The highest BCUT2D eigenvalue weighted by atomic mass is 16.4. The van der Waals surface area contributed by atoms with Crippen molar-refractivity contribution < 1.29 is 8.83 Å². The molecule has 26 heavy (non-hydrogen) atoms. The molecule has 0 spiro atoms. The molecule has 0 saturated carbocycles. The van der Waals surface area contributed by atoms with Crippen LogP contribution >= 0.6 is 0 Å². The van der Waals surface area contributed by atoms with Gasteiger partial charge in [-0.2, -0.15) is 0 Å². The Labute approximate surface area is 154 Å². The zero-order valence-electron chi connectivity index (χ0n) is 15.7. The van der Waals surface area contributed by atoms with Gasteiger partial charge in [0.15, 0.2) is 0 Å². The lowest BCUT2D eigenvalue weighted by molar-refractivity contribution is 0.421. The fourth-order valence-corrected chi connectivity index (χ4v) is 3.51. The molecule has 0 radical (unpaired) electrons. The van der Waals surface area contributed by atoms with E-state index in [0.29, 0.717) is 0 Å². The second kappa shape index (κ2) is 8.22. The molecule has 0 amide bonds. The zero-order chi connectivity index (χ0) is 18.5. The molecular formula is C23H26O3. The maximum atomic E-state index is 12.0. The second-order valence-electron chi connectivity index (χ2n) is 6.88. The van der Waals surface area contributed by atoms with E-state index in [9.17, 15) is 4.79 Å². The Hall–Kier alpha value is -2.55. The van der Waals surface area contributed by atoms with Crippen molar-refractivity contribution in [1.82, 2.24) is 0 Å². The minimum absolute atomic E-state index is 0.0299. The van der Waals surface area contributed by atoms with E-state index in [-0.39, 0.29) is 11.5 Å². The Bertz CT molecular complexity index is 903. The van der Waals surface area contributed by atoms with Gasteiger partial charge >= 0.3 is 5.63 Å². The lowest BCUT2D eigenvalue weighted by Crippen LogP contribution is -2.14. The first-order valence-electron chi connectivity index (χ1n) is 9.32. The summed E-state index contributed by atoms with van der Waals surface area (Å²) in [5.74, 6) is 2.64. The topological polar surface area (TPSA) is 43.4 Å². The lowest BCUT2D eigenvalue weighted by Gasteiger charge is -2.20. The first-order valence-corrected chi connectivity index (χ1v) is 9.32. The number of unbranched alkanes of at least 4 members (excludes halogenated alkanes) is 1. The molecule has 3 nitrogen and oxygen atoms in total. The van der Waals surface area contributed by atoms with Gasteiger partial charge in [-0.15, -0.1) is 0 Å². The van der Waals surface area contributed by atoms with Crippen molar-refractivity contribution in [3.05, 3.63) is 92.9 Å². The van der Waals surface area contributed by atoms with Gasteiger partial charge < -0.3 is 8.83 Å². The molecule has 3 aromatic rings. The standard InChI is InChI=1S/C23H26O3/c1-4-5-11-21-23(16(2)14-22(24)26-21)19(20-13-12-17(3)25-20)15-18-9-7-6-8-10-18/h6-10,12-14,19H,4-5,11,15H2,1-3H3. The third-order valence-corrected chi connectivity index (χ3v) is 4.78. The molecule has 3 heteroatoms. The molecule has 0 aliphatic carbocycles. The zero-order valence-corrected chi connectivity index (χ0v) is 15.7. The van der Waals surface area contributed by atoms with Crippen molar-refractivity contribution >= 4 is 0 Å². The van der Waals surface area contributed by atoms with Crippen molar-refractivity contribution in [3.8, 4) is 0 Å². The van der Waals surface area contributed by atoms with E-state index >= 15 is 0 Å². The van der Waals surface area contributed by atoms with Crippen molar-refractivity contribution in [2.24, 2.45) is 0 Å².